The molecule has 18 heavy (non-hydrogen) atoms. The van der Waals surface area contributed by atoms with Gasteiger partial charge in [0.1, 0.15) is 0 Å². The smallest absolute Gasteiger partial charge is 0.215 e. The van der Waals surface area contributed by atoms with Crippen LogP contribution in [0.15, 0.2) is 0 Å². The predicted octanol–water partition coefficient (Wildman–Crippen LogP) is 1.63. The van der Waals surface area contributed by atoms with E-state index in [9.17, 15) is 8.42 Å². The van der Waals surface area contributed by atoms with Gasteiger partial charge in [0, 0.05) is 13.1 Å². The Hall–Kier alpha value is -0.130. The number of sulfonamides is 1. The maximum atomic E-state index is 12.2. The van der Waals surface area contributed by atoms with Gasteiger partial charge in [-0.25, -0.2) is 13.1 Å². The van der Waals surface area contributed by atoms with Gasteiger partial charge in [-0.2, -0.15) is 0 Å². The molecule has 1 aliphatic carbocycles. The molecule has 1 atom stereocenters. The average Bonchev–Trinajstić information content (AvgIpc) is 2.39. The van der Waals surface area contributed by atoms with E-state index in [-0.39, 0.29) is 10.7 Å². The van der Waals surface area contributed by atoms with Crippen molar-refractivity contribution >= 4 is 10.0 Å². The van der Waals surface area contributed by atoms with Crippen LogP contribution in [-0.2, 0) is 10.0 Å². The summed E-state index contributed by atoms with van der Waals surface area (Å²) in [5.74, 6) is 0. The molecule has 2 N–H and O–H groups in total. The fourth-order valence-electron chi connectivity index (χ4n) is 3.06. The van der Waals surface area contributed by atoms with Gasteiger partial charge in [0.2, 0.25) is 10.0 Å². The molecule has 2 rings (SSSR count). The first-order valence-electron chi connectivity index (χ1n) is 7.21. The lowest BCUT2D eigenvalue weighted by Gasteiger charge is -2.34. The second kappa shape index (κ2) is 5.88. The molecule has 1 unspecified atom stereocenters. The zero-order valence-electron chi connectivity index (χ0n) is 11.4. The molecule has 1 aliphatic heterocycles. The molecule has 1 heterocycles. The molecule has 0 bridgehead atoms. The number of hydrogen-bond acceptors (Lipinski definition) is 3. The fraction of sp³-hybridized carbons (Fsp3) is 1.00. The summed E-state index contributed by atoms with van der Waals surface area (Å²) in [6.07, 6.45) is 7.83. The molecule has 0 aromatic carbocycles. The van der Waals surface area contributed by atoms with Crippen LogP contribution in [0.1, 0.15) is 51.9 Å². The van der Waals surface area contributed by atoms with Gasteiger partial charge in [0.05, 0.1) is 5.25 Å². The SMILES string of the molecule is CC1(CNS(=O)(=O)C2CCCNC2)CCCCC1. The molecule has 2 fully saturated rings. The Morgan fingerprint density at radius 1 is 1.22 bits per heavy atom. The second-order valence-electron chi connectivity index (χ2n) is 6.21. The van der Waals surface area contributed by atoms with Crippen LogP contribution in [0, 0.1) is 5.41 Å². The zero-order chi connectivity index (χ0) is 13.1. The highest BCUT2D eigenvalue weighted by Gasteiger charge is 2.31. The molecule has 0 aromatic heterocycles. The van der Waals surface area contributed by atoms with Crippen molar-refractivity contribution in [2.75, 3.05) is 19.6 Å². The van der Waals surface area contributed by atoms with Crippen molar-refractivity contribution in [3.8, 4) is 0 Å². The third kappa shape index (κ3) is 3.68. The van der Waals surface area contributed by atoms with Gasteiger partial charge in [-0.1, -0.05) is 26.2 Å². The summed E-state index contributed by atoms with van der Waals surface area (Å²) >= 11 is 0. The Balaban J connectivity index is 1.87. The van der Waals surface area contributed by atoms with E-state index in [1.165, 1.54) is 19.3 Å². The first-order valence-corrected chi connectivity index (χ1v) is 8.76. The van der Waals surface area contributed by atoms with Gasteiger partial charge in [0.25, 0.3) is 0 Å². The molecule has 0 amide bonds. The molecule has 0 spiro atoms. The molecule has 0 aromatic rings. The summed E-state index contributed by atoms with van der Waals surface area (Å²) in [5.41, 5.74) is 0.174. The molecule has 1 saturated carbocycles. The minimum Gasteiger partial charge on any atom is -0.315 e. The summed E-state index contributed by atoms with van der Waals surface area (Å²) < 4.78 is 27.3. The number of hydrogen-bond donors (Lipinski definition) is 2. The van der Waals surface area contributed by atoms with Gasteiger partial charge < -0.3 is 5.32 Å². The van der Waals surface area contributed by atoms with Crippen molar-refractivity contribution in [3.05, 3.63) is 0 Å². The highest BCUT2D eigenvalue weighted by molar-refractivity contribution is 7.90. The summed E-state index contributed by atoms with van der Waals surface area (Å²) in [7, 11) is -3.13. The minimum atomic E-state index is -3.13. The van der Waals surface area contributed by atoms with Crippen LogP contribution in [0.3, 0.4) is 0 Å². The first kappa shape index (κ1) is 14.3. The van der Waals surface area contributed by atoms with Crippen molar-refractivity contribution in [1.29, 1.82) is 0 Å². The minimum absolute atomic E-state index is 0.174. The molecule has 1 saturated heterocycles. The highest BCUT2D eigenvalue weighted by Crippen LogP contribution is 2.35. The average molecular weight is 274 g/mol. The molecule has 2 aliphatic rings. The van der Waals surface area contributed by atoms with Crippen molar-refractivity contribution in [1.82, 2.24) is 10.0 Å². The largest absolute Gasteiger partial charge is 0.315 e. The lowest BCUT2D eigenvalue weighted by Crippen LogP contribution is -2.47. The van der Waals surface area contributed by atoms with Crippen LogP contribution >= 0.6 is 0 Å². The first-order chi connectivity index (χ1) is 8.52. The van der Waals surface area contributed by atoms with Gasteiger partial charge in [-0.3, -0.25) is 0 Å². The molecule has 4 nitrogen and oxygen atoms in total. The van der Waals surface area contributed by atoms with Gasteiger partial charge >= 0.3 is 0 Å². The van der Waals surface area contributed by atoms with Gasteiger partial charge in [-0.05, 0) is 37.6 Å². The Labute approximate surface area is 111 Å². The monoisotopic (exact) mass is 274 g/mol. The van der Waals surface area contributed by atoms with E-state index in [0.717, 1.165) is 32.2 Å². The summed E-state index contributed by atoms with van der Waals surface area (Å²) in [6.45, 7) is 4.38. The molecule has 5 heteroatoms. The lowest BCUT2D eigenvalue weighted by molar-refractivity contribution is 0.219. The van der Waals surface area contributed by atoms with Crippen molar-refractivity contribution in [2.45, 2.75) is 57.1 Å². The van der Waals surface area contributed by atoms with Gasteiger partial charge in [0.15, 0.2) is 0 Å². The summed E-state index contributed by atoms with van der Waals surface area (Å²) in [4.78, 5) is 0. The zero-order valence-corrected chi connectivity index (χ0v) is 12.2. The fourth-order valence-corrected chi connectivity index (χ4v) is 4.66. The van der Waals surface area contributed by atoms with Crippen molar-refractivity contribution in [3.63, 3.8) is 0 Å². The standard InChI is InChI=1S/C13H26N2O2S/c1-13(7-3-2-4-8-13)11-15-18(16,17)12-6-5-9-14-10-12/h12,14-15H,2-11H2,1H3. The van der Waals surface area contributed by atoms with Crippen molar-refractivity contribution < 1.29 is 8.42 Å². The van der Waals surface area contributed by atoms with Crippen LogP contribution < -0.4 is 10.0 Å². The Bertz CT molecular complexity index is 355. The predicted molar refractivity (Wildman–Crippen MR) is 74.0 cm³/mol. The Morgan fingerprint density at radius 2 is 1.94 bits per heavy atom. The van der Waals surface area contributed by atoms with Crippen molar-refractivity contribution in [2.24, 2.45) is 5.41 Å². The maximum absolute atomic E-state index is 12.2. The number of nitrogens with one attached hydrogen (secondary N) is 2. The van der Waals surface area contributed by atoms with Gasteiger partial charge in [-0.15, -0.1) is 0 Å². The van der Waals surface area contributed by atoms with E-state index >= 15 is 0 Å². The van der Waals surface area contributed by atoms with E-state index in [4.69, 9.17) is 0 Å². The van der Waals surface area contributed by atoms with Crippen LogP contribution in [0.4, 0.5) is 0 Å². The summed E-state index contributed by atoms with van der Waals surface area (Å²) in [6, 6.07) is 0. The molecular weight excluding hydrogens is 248 g/mol. The number of rotatable bonds is 4. The normalized spacial score (nSPS) is 29.1. The van der Waals surface area contributed by atoms with E-state index in [2.05, 4.69) is 17.0 Å². The third-order valence-corrected chi connectivity index (χ3v) is 6.28. The third-order valence-electron chi connectivity index (χ3n) is 4.45. The lowest BCUT2D eigenvalue weighted by atomic mass is 9.76. The van der Waals surface area contributed by atoms with E-state index < -0.39 is 10.0 Å². The topological polar surface area (TPSA) is 58.2 Å². The quantitative estimate of drug-likeness (QED) is 0.819. The van der Waals surface area contributed by atoms with E-state index in [0.29, 0.717) is 13.1 Å². The maximum Gasteiger partial charge on any atom is 0.215 e. The van der Waals surface area contributed by atoms with E-state index in [1.54, 1.807) is 0 Å². The molecule has 106 valence electrons. The second-order valence-corrected chi connectivity index (χ2v) is 8.25. The van der Waals surface area contributed by atoms with E-state index in [1.807, 2.05) is 0 Å². The van der Waals surface area contributed by atoms with Crippen LogP contribution in [0.2, 0.25) is 0 Å². The molecular formula is C13H26N2O2S. The highest BCUT2D eigenvalue weighted by atomic mass is 32.2. The Kier molecular flexibility index (Phi) is 4.67. The molecule has 0 radical (unpaired) electrons. The van der Waals surface area contributed by atoms with Crippen LogP contribution in [0.25, 0.3) is 0 Å². The Morgan fingerprint density at radius 3 is 2.56 bits per heavy atom. The van der Waals surface area contributed by atoms with Crippen LogP contribution in [0.5, 0.6) is 0 Å². The van der Waals surface area contributed by atoms with Crippen LogP contribution in [-0.4, -0.2) is 33.3 Å². The number of piperidine rings is 1. The summed E-state index contributed by atoms with van der Waals surface area (Å²) in [5, 5.41) is 2.93.